The lowest BCUT2D eigenvalue weighted by atomic mass is 10.0. The number of hydrogen-bond acceptors (Lipinski definition) is 8. The highest BCUT2D eigenvalue weighted by atomic mass is 35.5. The molecule has 0 aromatic carbocycles. The summed E-state index contributed by atoms with van der Waals surface area (Å²) in [6.45, 7) is 4.14. The fraction of sp³-hybridized carbons (Fsp3) is 0.231. The first-order valence-electron chi connectivity index (χ1n) is 11.4. The molecule has 13 heteroatoms. The molecule has 39 heavy (non-hydrogen) atoms. The number of aliphatic hydroxyl groups is 1. The Bertz CT molecular complexity index is 1670. The van der Waals surface area contributed by atoms with Crippen LogP contribution in [0.1, 0.15) is 30.8 Å². The van der Waals surface area contributed by atoms with Crippen LogP contribution in [0.3, 0.4) is 0 Å². The third-order valence-electron chi connectivity index (χ3n) is 5.65. The van der Waals surface area contributed by atoms with Crippen LogP contribution >= 0.6 is 11.6 Å². The second-order valence-electron chi connectivity index (χ2n) is 8.89. The summed E-state index contributed by atoms with van der Waals surface area (Å²) in [5.74, 6) is -1.66. The Morgan fingerprint density at radius 2 is 1.82 bits per heavy atom. The summed E-state index contributed by atoms with van der Waals surface area (Å²) in [6, 6.07) is 6.59. The smallest absolute Gasteiger partial charge is 0.278 e. The van der Waals surface area contributed by atoms with E-state index in [2.05, 4.69) is 9.97 Å². The molecule has 0 bridgehead atoms. The van der Waals surface area contributed by atoms with Gasteiger partial charge in [-0.2, -0.15) is 4.89 Å². The molecular weight excluding hydrogens is 538 g/mol. The van der Waals surface area contributed by atoms with Crippen LogP contribution in [0.4, 0.5) is 8.78 Å². The van der Waals surface area contributed by atoms with Gasteiger partial charge in [-0.3, -0.25) is 23.7 Å². The molecule has 0 atom stereocenters. The molecule has 10 nitrogen and oxygen atoms in total. The quantitative estimate of drug-likeness (QED) is 0.256. The Balaban J connectivity index is 1.80. The highest BCUT2D eigenvalue weighted by Crippen LogP contribution is 2.29. The zero-order valence-corrected chi connectivity index (χ0v) is 22.0. The van der Waals surface area contributed by atoms with E-state index < -0.39 is 35.0 Å². The zero-order valence-electron chi connectivity index (χ0n) is 21.2. The molecule has 0 amide bonds. The van der Waals surface area contributed by atoms with Crippen LogP contribution in [0, 0.1) is 18.6 Å². The lowest BCUT2D eigenvalue weighted by Crippen LogP contribution is -2.31. The van der Waals surface area contributed by atoms with Crippen molar-refractivity contribution in [3.05, 3.63) is 103 Å². The SMILES string of the molecule is COOc1cnc(-n2cccc(C(C)(C)O)c2=O)cc1-n1c(C)cc(OCc2ncc(F)cc2F)c(Cl)c1=O. The van der Waals surface area contributed by atoms with Crippen molar-refractivity contribution < 1.29 is 28.4 Å². The molecule has 0 aliphatic carbocycles. The van der Waals surface area contributed by atoms with Gasteiger partial charge in [-0.05, 0) is 32.9 Å². The van der Waals surface area contributed by atoms with Gasteiger partial charge >= 0.3 is 0 Å². The van der Waals surface area contributed by atoms with Crippen LogP contribution in [0.2, 0.25) is 5.02 Å². The van der Waals surface area contributed by atoms with Crippen molar-refractivity contribution in [3.63, 3.8) is 0 Å². The summed E-state index contributed by atoms with van der Waals surface area (Å²) in [7, 11) is 1.26. The molecule has 0 saturated carbocycles. The molecular formula is C26H23ClF2N4O6. The van der Waals surface area contributed by atoms with Crippen LogP contribution in [-0.2, 0) is 17.1 Å². The largest absolute Gasteiger partial charge is 0.485 e. The first-order valence-corrected chi connectivity index (χ1v) is 11.8. The molecule has 4 rings (SSSR count). The van der Waals surface area contributed by atoms with E-state index in [4.69, 9.17) is 26.1 Å². The fourth-order valence-corrected chi connectivity index (χ4v) is 4.00. The van der Waals surface area contributed by atoms with Crippen molar-refractivity contribution in [2.45, 2.75) is 33.0 Å². The summed E-state index contributed by atoms with van der Waals surface area (Å²) < 4.78 is 35.0. The molecule has 0 fully saturated rings. The minimum Gasteiger partial charge on any atom is -0.485 e. The maximum Gasteiger partial charge on any atom is 0.278 e. The van der Waals surface area contributed by atoms with Gasteiger partial charge in [-0.1, -0.05) is 11.6 Å². The number of ether oxygens (including phenoxy) is 1. The summed E-state index contributed by atoms with van der Waals surface area (Å²) in [4.78, 5) is 44.3. The highest BCUT2D eigenvalue weighted by Gasteiger charge is 2.23. The molecule has 0 aliphatic heterocycles. The topological polar surface area (TPSA) is 118 Å². The van der Waals surface area contributed by atoms with Gasteiger partial charge in [-0.15, -0.1) is 0 Å². The third-order valence-corrected chi connectivity index (χ3v) is 6.00. The first kappa shape index (κ1) is 27.9. The molecule has 0 spiro atoms. The number of aryl methyl sites for hydroxylation is 1. The van der Waals surface area contributed by atoms with Gasteiger partial charge in [0.25, 0.3) is 11.1 Å². The Hall–Kier alpha value is -4.13. The van der Waals surface area contributed by atoms with E-state index in [0.717, 1.165) is 6.20 Å². The number of halogens is 3. The van der Waals surface area contributed by atoms with E-state index in [1.807, 2.05) is 0 Å². The molecule has 0 aliphatic rings. The van der Waals surface area contributed by atoms with Gasteiger partial charge < -0.3 is 14.7 Å². The summed E-state index contributed by atoms with van der Waals surface area (Å²) in [5, 5.41) is 10.0. The summed E-state index contributed by atoms with van der Waals surface area (Å²) in [6.07, 6.45) is 3.56. The van der Waals surface area contributed by atoms with Crippen molar-refractivity contribution >= 4 is 11.6 Å². The number of rotatable bonds is 8. The van der Waals surface area contributed by atoms with E-state index in [0.29, 0.717) is 11.8 Å². The van der Waals surface area contributed by atoms with Gasteiger partial charge in [0.05, 0.1) is 25.1 Å². The maximum atomic E-state index is 14.0. The standard InChI is InChI=1S/C26H23ClF2N4O6/c1-14-8-20(38-13-18-17(29)9-15(28)11-30-18)23(27)25(35)33(14)19-10-22(31-12-21(19)39-37-4)32-7-5-6-16(24(32)34)26(2,3)36/h5-12,36H,13H2,1-4H3. The monoisotopic (exact) mass is 560 g/mol. The van der Waals surface area contributed by atoms with Crippen LogP contribution in [0.5, 0.6) is 11.5 Å². The van der Waals surface area contributed by atoms with Crippen molar-refractivity contribution in [3.8, 4) is 23.0 Å². The van der Waals surface area contributed by atoms with E-state index in [-0.39, 0.29) is 39.3 Å². The van der Waals surface area contributed by atoms with E-state index in [9.17, 15) is 23.5 Å². The minimum atomic E-state index is -1.41. The van der Waals surface area contributed by atoms with Gasteiger partial charge in [0.15, 0.2) is 5.82 Å². The average molecular weight is 561 g/mol. The first-order chi connectivity index (χ1) is 18.4. The number of pyridine rings is 4. The van der Waals surface area contributed by atoms with Crippen molar-refractivity contribution in [2.75, 3.05) is 7.11 Å². The van der Waals surface area contributed by atoms with E-state index in [1.165, 1.54) is 60.7 Å². The Labute approximate surface area is 225 Å². The van der Waals surface area contributed by atoms with Crippen molar-refractivity contribution in [2.24, 2.45) is 0 Å². The van der Waals surface area contributed by atoms with Crippen LogP contribution < -0.4 is 20.7 Å². The van der Waals surface area contributed by atoms with Crippen molar-refractivity contribution in [1.29, 1.82) is 0 Å². The molecule has 0 radical (unpaired) electrons. The number of hydrogen-bond donors (Lipinski definition) is 1. The van der Waals surface area contributed by atoms with Crippen LogP contribution in [-0.4, -0.2) is 31.3 Å². The number of nitrogens with zero attached hydrogens (tertiary/aromatic N) is 4. The third kappa shape index (κ3) is 5.67. The van der Waals surface area contributed by atoms with Crippen LogP contribution in [0.15, 0.2) is 58.5 Å². The predicted octanol–water partition coefficient (Wildman–Crippen LogP) is 3.77. The summed E-state index contributed by atoms with van der Waals surface area (Å²) in [5.41, 5.74) is -2.25. The molecule has 4 heterocycles. The van der Waals surface area contributed by atoms with Crippen LogP contribution in [0.25, 0.3) is 11.5 Å². The van der Waals surface area contributed by atoms with Gasteiger partial charge in [0.2, 0.25) is 5.75 Å². The Morgan fingerprint density at radius 1 is 1.08 bits per heavy atom. The van der Waals surface area contributed by atoms with Gasteiger partial charge in [0, 0.05) is 35.7 Å². The second-order valence-corrected chi connectivity index (χ2v) is 9.27. The predicted molar refractivity (Wildman–Crippen MR) is 137 cm³/mol. The molecule has 0 unspecified atom stereocenters. The Kier molecular flexibility index (Phi) is 7.82. The highest BCUT2D eigenvalue weighted by molar-refractivity contribution is 6.31. The lowest BCUT2D eigenvalue weighted by molar-refractivity contribution is -0.178. The molecule has 1 N–H and O–H groups in total. The summed E-state index contributed by atoms with van der Waals surface area (Å²) >= 11 is 6.33. The molecule has 0 saturated heterocycles. The van der Waals surface area contributed by atoms with E-state index >= 15 is 0 Å². The minimum absolute atomic E-state index is 0.0282. The number of aromatic nitrogens is 4. The van der Waals surface area contributed by atoms with E-state index in [1.54, 1.807) is 13.0 Å². The maximum absolute atomic E-state index is 14.0. The Morgan fingerprint density at radius 3 is 2.49 bits per heavy atom. The molecule has 204 valence electrons. The normalized spacial score (nSPS) is 11.5. The van der Waals surface area contributed by atoms with Gasteiger partial charge in [-0.25, -0.2) is 13.8 Å². The van der Waals surface area contributed by atoms with Gasteiger partial charge in [0.1, 0.15) is 40.4 Å². The second kappa shape index (κ2) is 10.9. The molecule has 4 aromatic heterocycles. The molecule has 4 aromatic rings. The lowest BCUT2D eigenvalue weighted by Gasteiger charge is -2.19. The zero-order chi connectivity index (χ0) is 28.5. The fourth-order valence-electron chi connectivity index (χ4n) is 3.80. The van der Waals surface area contributed by atoms with Crippen molar-refractivity contribution in [1.82, 2.24) is 19.1 Å². The average Bonchev–Trinajstić information content (AvgIpc) is 2.87.